The van der Waals surface area contributed by atoms with Gasteiger partial charge in [-0.05, 0) is 31.5 Å². The molecule has 3 rings (SSSR count). The second kappa shape index (κ2) is 5.43. The molecule has 3 heteroatoms. The summed E-state index contributed by atoms with van der Waals surface area (Å²) in [6.07, 6.45) is 2.75. The van der Waals surface area contributed by atoms with Gasteiger partial charge in [0.05, 0.1) is 0 Å². The average Bonchev–Trinajstić information content (AvgIpc) is 2.45. The molecular formula is C16H22N2O. The van der Waals surface area contributed by atoms with Crippen LogP contribution in [0.2, 0.25) is 0 Å². The summed E-state index contributed by atoms with van der Waals surface area (Å²) in [5, 5.41) is 3.37. The first kappa shape index (κ1) is 12.8. The molecule has 2 saturated heterocycles. The van der Waals surface area contributed by atoms with Crippen LogP contribution in [0.15, 0.2) is 30.3 Å². The highest BCUT2D eigenvalue weighted by atomic mass is 16.1. The van der Waals surface area contributed by atoms with E-state index >= 15 is 0 Å². The van der Waals surface area contributed by atoms with Crippen molar-refractivity contribution >= 4 is 5.78 Å². The first-order chi connectivity index (χ1) is 9.28. The predicted octanol–water partition coefficient (Wildman–Crippen LogP) is 1.83. The van der Waals surface area contributed by atoms with Gasteiger partial charge in [-0.2, -0.15) is 0 Å². The largest absolute Gasteiger partial charge is 0.317 e. The molecule has 2 heterocycles. The number of carbonyl (C=O) groups excluding carboxylic acids is 1. The highest BCUT2D eigenvalue weighted by molar-refractivity contribution is 5.86. The summed E-state index contributed by atoms with van der Waals surface area (Å²) in [6.45, 7) is 4.82. The number of Topliss-reactive ketones (excluding diaryl/α,β-unsaturated/α-hetero) is 1. The summed E-state index contributed by atoms with van der Waals surface area (Å²) in [7, 11) is 0. The molecule has 1 spiro atoms. The monoisotopic (exact) mass is 258 g/mol. The lowest BCUT2D eigenvalue weighted by Crippen LogP contribution is -2.53. The van der Waals surface area contributed by atoms with Gasteiger partial charge in [-0.25, -0.2) is 0 Å². The minimum Gasteiger partial charge on any atom is -0.317 e. The van der Waals surface area contributed by atoms with Crippen molar-refractivity contribution in [1.82, 2.24) is 10.2 Å². The quantitative estimate of drug-likeness (QED) is 0.878. The number of likely N-dealkylation sites (tertiary alicyclic amines) is 1. The van der Waals surface area contributed by atoms with Crippen LogP contribution in [0.3, 0.4) is 0 Å². The van der Waals surface area contributed by atoms with Crippen molar-refractivity contribution in [3.05, 3.63) is 35.9 Å². The maximum atomic E-state index is 12.3. The van der Waals surface area contributed by atoms with Crippen molar-refractivity contribution in [3.63, 3.8) is 0 Å². The molecule has 1 N–H and O–H groups in total. The van der Waals surface area contributed by atoms with Crippen molar-refractivity contribution in [2.75, 3.05) is 26.2 Å². The fourth-order valence-corrected chi connectivity index (χ4v) is 3.44. The molecule has 1 aromatic rings. The van der Waals surface area contributed by atoms with Crippen LogP contribution in [0.1, 0.15) is 24.8 Å². The molecule has 0 aromatic heterocycles. The van der Waals surface area contributed by atoms with Crippen LogP contribution < -0.4 is 5.32 Å². The third-order valence-corrected chi connectivity index (χ3v) is 4.58. The van der Waals surface area contributed by atoms with Crippen molar-refractivity contribution in [2.24, 2.45) is 5.41 Å². The standard InChI is InChI=1S/C16H22N2O/c19-15-6-11-18(12-14-4-2-1-3-5-14)13-16(15)7-9-17-10-8-16/h1-5,17H,6-13H2. The Balaban J connectivity index is 1.69. The Morgan fingerprint density at radius 1 is 1.16 bits per heavy atom. The molecule has 0 radical (unpaired) electrons. The van der Waals surface area contributed by atoms with Crippen molar-refractivity contribution in [1.29, 1.82) is 0 Å². The first-order valence-corrected chi connectivity index (χ1v) is 7.29. The summed E-state index contributed by atoms with van der Waals surface area (Å²) in [4.78, 5) is 14.8. The molecule has 0 unspecified atom stereocenters. The van der Waals surface area contributed by atoms with Gasteiger partial charge in [-0.3, -0.25) is 9.69 Å². The lowest BCUT2D eigenvalue weighted by atomic mass is 9.72. The summed E-state index contributed by atoms with van der Waals surface area (Å²) < 4.78 is 0. The minimum atomic E-state index is -0.0573. The number of hydrogen-bond donors (Lipinski definition) is 1. The van der Waals surface area contributed by atoms with Gasteiger partial charge in [0.25, 0.3) is 0 Å². The fraction of sp³-hybridized carbons (Fsp3) is 0.562. The Bertz CT molecular complexity index is 437. The molecule has 0 atom stereocenters. The number of hydrogen-bond acceptors (Lipinski definition) is 3. The SMILES string of the molecule is O=C1CCN(Cc2ccccc2)CC12CCNCC2. The van der Waals surface area contributed by atoms with Crippen LogP contribution in [-0.4, -0.2) is 36.9 Å². The van der Waals surface area contributed by atoms with Crippen LogP contribution in [-0.2, 0) is 11.3 Å². The van der Waals surface area contributed by atoms with E-state index in [9.17, 15) is 4.79 Å². The average molecular weight is 258 g/mol. The molecule has 0 amide bonds. The molecule has 102 valence electrons. The van der Waals surface area contributed by atoms with Crippen molar-refractivity contribution < 1.29 is 4.79 Å². The molecule has 2 aliphatic heterocycles. The number of nitrogens with zero attached hydrogens (tertiary/aromatic N) is 1. The van der Waals surface area contributed by atoms with Gasteiger partial charge in [0, 0.05) is 31.5 Å². The van der Waals surface area contributed by atoms with Crippen LogP contribution in [0.25, 0.3) is 0 Å². The summed E-state index contributed by atoms with van der Waals surface area (Å²) in [6, 6.07) is 10.6. The molecule has 0 aliphatic carbocycles. The third-order valence-electron chi connectivity index (χ3n) is 4.58. The van der Waals surface area contributed by atoms with Gasteiger partial charge in [0.1, 0.15) is 5.78 Å². The van der Waals surface area contributed by atoms with Gasteiger partial charge in [-0.1, -0.05) is 30.3 Å². The van der Waals surface area contributed by atoms with E-state index in [4.69, 9.17) is 0 Å². The molecule has 3 nitrogen and oxygen atoms in total. The van der Waals surface area contributed by atoms with E-state index in [1.165, 1.54) is 5.56 Å². The molecule has 1 aromatic carbocycles. The number of piperidine rings is 2. The number of nitrogens with one attached hydrogen (secondary N) is 1. The Labute approximate surface area is 115 Å². The molecular weight excluding hydrogens is 236 g/mol. The number of carbonyl (C=O) groups is 1. The number of ketones is 1. The van der Waals surface area contributed by atoms with E-state index in [2.05, 4.69) is 40.5 Å². The second-order valence-electron chi connectivity index (χ2n) is 5.90. The van der Waals surface area contributed by atoms with Crippen LogP contribution >= 0.6 is 0 Å². The molecule has 2 fully saturated rings. The lowest BCUT2D eigenvalue weighted by molar-refractivity contribution is -0.136. The first-order valence-electron chi connectivity index (χ1n) is 7.29. The van der Waals surface area contributed by atoms with Crippen LogP contribution in [0.4, 0.5) is 0 Å². The van der Waals surface area contributed by atoms with Crippen molar-refractivity contribution in [3.8, 4) is 0 Å². The molecule has 0 saturated carbocycles. The molecule has 19 heavy (non-hydrogen) atoms. The highest BCUT2D eigenvalue weighted by Gasteiger charge is 2.42. The predicted molar refractivity (Wildman–Crippen MR) is 75.9 cm³/mol. The van der Waals surface area contributed by atoms with E-state index in [0.717, 1.165) is 52.0 Å². The van der Waals surface area contributed by atoms with E-state index in [1.807, 2.05) is 0 Å². The Hall–Kier alpha value is -1.19. The van der Waals surface area contributed by atoms with Crippen LogP contribution in [0, 0.1) is 5.41 Å². The maximum absolute atomic E-state index is 12.3. The van der Waals surface area contributed by atoms with Gasteiger partial charge >= 0.3 is 0 Å². The third kappa shape index (κ3) is 2.72. The van der Waals surface area contributed by atoms with E-state index < -0.39 is 0 Å². The van der Waals surface area contributed by atoms with Gasteiger partial charge in [-0.15, -0.1) is 0 Å². The topological polar surface area (TPSA) is 32.3 Å². The minimum absolute atomic E-state index is 0.0573. The summed E-state index contributed by atoms with van der Waals surface area (Å²) in [5.41, 5.74) is 1.29. The smallest absolute Gasteiger partial charge is 0.141 e. The normalized spacial score (nSPS) is 23.7. The van der Waals surface area contributed by atoms with E-state index in [-0.39, 0.29) is 5.41 Å². The van der Waals surface area contributed by atoms with Gasteiger partial charge in [0.15, 0.2) is 0 Å². The molecule has 2 aliphatic rings. The summed E-state index contributed by atoms with van der Waals surface area (Å²) >= 11 is 0. The zero-order valence-corrected chi connectivity index (χ0v) is 11.4. The van der Waals surface area contributed by atoms with Crippen molar-refractivity contribution in [2.45, 2.75) is 25.8 Å². The Morgan fingerprint density at radius 3 is 2.63 bits per heavy atom. The number of benzene rings is 1. The molecule has 0 bridgehead atoms. The van der Waals surface area contributed by atoms with Gasteiger partial charge < -0.3 is 5.32 Å². The number of rotatable bonds is 2. The van der Waals surface area contributed by atoms with E-state index in [0.29, 0.717) is 5.78 Å². The summed E-state index contributed by atoms with van der Waals surface area (Å²) in [5.74, 6) is 0.498. The van der Waals surface area contributed by atoms with Crippen LogP contribution in [0.5, 0.6) is 0 Å². The Kier molecular flexibility index (Phi) is 3.67. The second-order valence-corrected chi connectivity index (χ2v) is 5.90. The highest BCUT2D eigenvalue weighted by Crippen LogP contribution is 2.35. The maximum Gasteiger partial charge on any atom is 0.141 e. The van der Waals surface area contributed by atoms with E-state index in [1.54, 1.807) is 0 Å². The lowest BCUT2D eigenvalue weighted by Gasteiger charge is -2.44. The van der Waals surface area contributed by atoms with Gasteiger partial charge in [0.2, 0.25) is 0 Å². The zero-order valence-electron chi connectivity index (χ0n) is 11.4. The Morgan fingerprint density at radius 2 is 1.89 bits per heavy atom. The fourth-order valence-electron chi connectivity index (χ4n) is 3.44. The zero-order chi connectivity index (χ0) is 13.1.